The minimum absolute atomic E-state index is 0.0988. The molecule has 1 aromatic carbocycles. The number of amides is 1. The number of methoxy groups -OCH3 is 1. The second-order valence-corrected chi connectivity index (χ2v) is 4.79. The summed E-state index contributed by atoms with van der Waals surface area (Å²) in [5.74, 6) is -0.377. The molecule has 1 N–H and O–H groups in total. The van der Waals surface area contributed by atoms with Crippen LogP contribution in [0.1, 0.15) is 23.6 Å². The summed E-state index contributed by atoms with van der Waals surface area (Å²) >= 11 is 0. The molecule has 1 amide bonds. The van der Waals surface area contributed by atoms with Gasteiger partial charge in [-0.05, 0) is 43.5 Å². The minimum Gasteiger partial charge on any atom is -0.383 e. The van der Waals surface area contributed by atoms with Gasteiger partial charge in [0.15, 0.2) is 0 Å². The van der Waals surface area contributed by atoms with Crippen LogP contribution in [-0.4, -0.2) is 25.7 Å². The van der Waals surface area contributed by atoms with Crippen molar-refractivity contribution in [2.75, 3.05) is 13.7 Å². The normalized spacial score (nSPS) is 12.7. The Morgan fingerprint density at radius 2 is 2.20 bits per heavy atom. The Morgan fingerprint density at radius 1 is 1.50 bits per heavy atom. The molecule has 4 heteroatoms. The van der Waals surface area contributed by atoms with E-state index < -0.39 is 0 Å². The van der Waals surface area contributed by atoms with Gasteiger partial charge in [-0.15, -0.1) is 0 Å². The summed E-state index contributed by atoms with van der Waals surface area (Å²) in [6.07, 6.45) is 1.62. The molecule has 1 atom stereocenters. The van der Waals surface area contributed by atoms with Crippen LogP contribution in [0.2, 0.25) is 0 Å². The first kappa shape index (κ1) is 15.9. The highest BCUT2D eigenvalue weighted by Crippen LogP contribution is 2.16. The maximum absolute atomic E-state index is 12.0. The third-order valence-corrected chi connectivity index (χ3v) is 3.11. The number of ether oxygens (including phenoxy) is 1. The van der Waals surface area contributed by atoms with Gasteiger partial charge in [0.25, 0.3) is 5.91 Å². The van der Waals surface area contributed by atoms with E-state index in [2.05, 4.69) is 5.32 Å². The third kappa shape index (κ3) is 4.22. The van der Waals surface area contributed by atoms with Gasteiger partial charge in [0.2, 0.25) is 0 Å². The summed E-state index contributed by atoms with van der Waals surface area (Å²) in [5, 5.41) is 11.9. The maximum Gasteiger partial charge on any atom is 0.262 e. The molecule has 0 aromatic heterocycles. The van der Waals surface area contributed by atoms with Gasteiger partial charge in [-0.1, -0.05) is 18.2 Å². The first-order valence-electron chi connectivity index (χ1n) is 6.47. The zero-order chi connectivity index (χ0) is 15.1. The molecule has 0 bridgehead atoms. The summed E-state index contributed by atoms with van der Waals surface area (Å²) in [4.78, 5) is 12.0. The number of carbonyl (C=O) groups excluding carboxylic acids is 1. The average molecular weight is 272 g/mol. The van der Waals surface area contributed by atoms with Crippen molar-refractivity contribution >= 4 is 12.0 Å². The van der Waals surface area contributed by atoms with Gasteiger partial charge in [-0.2, -0.15) is 5.26 Å². The van der Waals surface area contributed by atoms with Crippen LogP contribution in [0.3, 0.4) is 0 Å². The van der Waals surface area contributed by atoms with Gasteiger partial charge in [-0.3, -0.25) is 4.79 Å². The van der Waals surface area contributed by atoms with E-state index in [1.165, 1.54) is 0 Å². The average Bonchev–Trinajstić information content (AvgIpc) is 2.40. The Balaban J connectivity index is 2.96. The molecule has 0 saturated heterocycles. The van der Waals surface area contributed by atoms with E-state index in [0.29, 0.717) is 6.61 Å². The zero-order valence-corrected chi connectivity index (χ0v) is 12.4. The maximum atomic E-state index is 12.0. The molecule has 0 spiro atoms. The highest BCUT2D eigenvalue weighted by atomic mass is 16.5. The monoisotopic (exact) mass is 272 g/mol. The second-order valence-electron chi connectivity index (χ2n) is 4.79. The fourth-order valence-electron chi connectivity index (χ4n) is 1.83. The van der Waals surface area contributed by atoms with Gasteiger partial charge in [0.1, 0.15) is 11.6 Å². The number of benzene rings is 1. The summed E-state index contributed by atoms with van der Waals surface area (Å²) in [5.41, 5.74) is 3.18. The van der Waals surface area contributed by atoms with Crippen molar-refractivity contribution in [3.63, 3.8) is 0 Å². The molecule has 0 radical (unpaired) electrons. The summed E-state index contributed by atoms with van der Waals surface area (Å²) in [6.45, 7) is 6.21. The van der Waals surface area contributed by atoms with E-state index in [4.69, 9.17) is 10.00 Å². The van der Waals surface area contributed by atoms with Crippen LogP contribution < -0.4 is 5.32 Å². The first-order valence-corrected chi connectivity index (χ1v) is 6.47. The fourth-order valence-corrected chi connectivity index (χ4v) is 1.83. The number of rotatable bonds is 5. The first-order chi connectivity index (χ1) is 9.49. The molecular weight excluding hydrogens is 252 g/mol. The molecule has 4 nitrogen and oxygen atoms in total. The molecular formula is C16H20N2O2. The van der Waals surface area contributed by atoms with Crippen LogP contribution >= 0.6 is 0 Å². The van der Waals surface area contributed by atoms with Gasteiger partial charge >= 0.3 is 0 Å². The molecule has 106 valence electrons. The Bertz CT molecular complexity index is 556. The molecule has 0 aliphatic heterocycles. The quantitative estimate of drug-likeness (QED) is 0.661. The van der Waals surface area contributed by atoms with Crippen molar-refractivity contribution in [3.8, 4) is 6.07 Å². The van der Waals surface area contributed by atoms with E-state index in [0.717, 1.165) is 16.7 Å². The molecule has 20 heavy (non-hydrogen) atoms. The Labute approximate surface area is 120 Å². The van der Waals surface area contributed by atoms with Crippen molar-refractivity contribution in [2.24, 2.45) is 0 Å². The van der Waals surface area contributed by atoms with E-state index in [9.17, 15) is 4.79 Å². The van der Waals surface area contributed by atoms with Crippen LogP contribution in [0.15, 0.2) is 23.8 Å². The Kier molecular flexibility index (Phi) is 5.95. The molecule has 0 heterocycles. The van der Waals surface area contributed by atoms with Crippen LogP contribution in [0.25, 0.3) is 6.08 Å². The number of nitrogens with zero attached hydrogens (tertiary/aromatic N) is 1. The lowest BCUT2D eigenvalue weighted by atomic mass is 10.0. The minimum atomic E-state index is -0.377. The smallest absolute Gasteiger partial charge is 0.262 e. The van der Waals surface area contributed by atoms with Crippen molar-refractivity contribution < 1.29 is 9.53 Å². The van der Waals surface area contributed by atoms with Crippen LogP contribution in [-0.2, 0) is 9.53 Å². The van der Waals surface area contributed by atoms with Gasteiger partial charge in [-0.25, -0.2) is 0 Å². The highest BCUT2D eigenvalue weighted by molar-refractivity contribution is 6.02. The van der Waals surface area contributed by atoms with Gasteiger partial charge in [0.05, 0.1) is 6.61 Å². The predicted molar refractivity (Wildman–Crippen MR) is 79.0 cm³/mol. The number of aryl methyl sites for hydroxylation is 1. The van der Waals surface area contributed by atoms with Crippen molar-refractivity contribution in [1.82, 2.24) is 5.32 Å². The number of hydrogen-bond donors (Lipinski definition) is 1. The predicted octanol–water partition coefficient (Wildman–Crippen LogP) is 2.36. The van der Waals surface area contributed by atoms with E-state index in [-0.39, 0.29) is 17.5 Å². The third-order valence-electron chi connectivity index (χ3n) is 3.11. The standard InChI is InChI=1S/C16H20N2O2/c1-11-6-5-7-14(13(11)3)8-15(9-17)16(19)18-12(2)10-20-4/h5-8,12H,10H2,1-4H3,(H,18,19)/b15-8+. The van der Waals surface area contributed by atoms with Crippen LogP contribution in [0, 0.1) is 25.2 Å². The molecule has 1 rings (SSSR count). The topological polar surface area (TPSA) is 62.1 Å². The number of nitrogens with one attached hydrogen (secondary N) is 1. The summed E-state index contributed by atoms with van der Waals surface area (Å²) < 4.78 is 4.95. The van der Waals surface area contributed by atoms with Crippen LogP contribution in [0.5, 0.6) is 0 Å². The molecule has 0 saturated carbocycles. The lowest BCUT2D eigenvalue weighted by Gasteiger charge is -2.12. The van der Waals surface area contributed by atoms with Gasteiger partial charge < -0.3 is 10.1 Å². The molecule has 0 aliphatic carbocycles. The highest BCUT2D eigenvalue weighted by Gasteiger charge is 2.12. The zero-order valence-electron chi connectivity index (χ0n) is 12.4. The summed E-state index contributed by atoms with van der Waals surface area (Å²) in [7, 11) is 1.57. The number of carbonyl (C=O) groups is 1. The second kappa shape index (κ2) is 7.46. The molecule has 0 fully saturated rings. The molecule has 1 aromatic rings. The largest absolute Gasteiger partial charge is 0.383 e. The van der Waals surface area contributed by atoms with E-state index in [1.807, 2.05) is 45.0 Å². The van der Waals surface area contributed by atoms with E-state index >= 15 is 0 Å². The lowest BCUT2D eigenvalue weighted by Crippen LogP contribution is -2.36. The Morgan fingerprint density at radius 3 is 2.80 bits per heavy atom. The molecule has 1 unspecified atom stereocenters. The number of nitriles is 1. The van der Waals surface area contributed by atoms with Crippen LogP contribution in [0.4, 0.5) is 0 Å². The van der Waals surface area contributed by atoms with Crippen molar-refractivity contribution in [1.29, 1.82) is 5.26 Å². The SMILES string of the molecule is COCC(C)NC(=O)/C(C#N)=C/c1cccc(C)c1C. The van der Waals surface area contributed by atoms with Gasteiger partial charge in [0, 0.05) is 13.2 Å². The van der Waals surface area contributed by atoms with E-state index in [1.54, 1.807) is 13.2 Å². The lowest BCUT2D eigenvalue weighted by molar-refractivity contribution is -0.117. The fraction of sp³-hybridized carbons (Fsp3) is 0.375. The summed E-state index contributed by atoms with van der Waals surface area (Å²) in [6, 6.07) is 7.62. The molecule has 0 aliphatic rings. The van der Waals surface area contributed by atoms with Crippen molar-refractivity contribution in [3.05, 3.63) is 40.5 Å². The Hall–Kier alpha value is -2.12. The van der Waals surface area contributed by atoms with Crippen molar-refractivity contribution in [2.45, 2.75) is 26.8 Å². The number of hydrogen-bond acceptors (Lipinski definition) is 3.